The van der Waals surface area contributed by atoms with Crippen molar-refractivity contribution < 1.29 is 14.3 Å². The Labute approximate surface area is 167 Å². The normalized spacial score (nSPS) is 21.2. The Balaban J connectivity index is 1.28. The van der Waals surface area contributed by atoms with E-state index in [9.17, 15) is 9.59 Å². The summed E-state index contributed by atoms with van der Waals surface area (Å²) in [6.07, 6.45) is 3.92. The second-order valence-corrected chi connectivity index (χ2v) is 7.72. The van der Waals surface area contributed by atoms with E-state index in [0.717, 1.165) is 42.5 Å². The Bertz CT molecular complexity index is 1060. The molecule has 1 fully saturated rings. The van der Waals surface area contributed by atoms with Crippen LogP contribution < -0.4 is 15.4 Å². The van der Waals surface area contributed by atoms with Gasteiger partial charge in [-0.2, -0.15) is 0 Å². The zero-order valence-corrected chi connectivity index (χ0v) is 15.9. The van der Waals surface area contributed by atoms with Gasteiger partial charge in [0.25, 0.3) is 11.8 Å². The summed E-state index contributed by atoms with van der Waals surface area (Å²) in [5.41, 5.74) is 3.08. The van der Waals surface area contributed by atoms with E-state index in [1.165, 1.54) is 0 Å². The van der Waals surface area contributed by atoms with Crippen molar-refractivity contribution in [1.29, 1.82) is 0 Å². The number of benzene rings is 2. The highest BCUT2D eigenvalue weighted by Gasteiger charge is 2.27. The van der Waals surface area contributed by atoms with Crippen LogP contribution in [0.2, 0.25) is 0 Å². The van der Waals surface area contributed by atoms with Crippen LogP contribution in [-0.4, -0.2) is 34.4 Å². The predicted octanol–water partition coefficient (Wildman–Crippen LogP) is 3.35. The van der Waals surface area contributed by atoms with Crippen molar-refractivity contribution in [2.45, 2.75) is 37.6 Å². The average molecular weight is 390 g/mol. The minimum Gasteiger partial charge on any atom is -0.482 e. The molecule has 3 aromatic rings. The molecule has 0 radical (unpaired) electrons. The minimum absolute atomic E-state index is 0.00377. The highest BCUT2D eigenvalue weighted by atomic mass is 16.5. The molecule has 2 aliphatic rings. The van der Waals surface area contributed by atoms with E-state index in [4.69, 9.17) is 9.72 Å². The number of carbonyl (C=O) groups is 2. The molecule has 2 aromatic carbocycles. The lowest BCUT2D eigenvalue weighted by Gasteiger charge is -2.29. The Morgan fingerprint density at radius 2 is 2.07 bits per heavy atom. The third kappa shape index (κ3) is 3.55. The zero-order valence-electron chi connectivity index (χ0n) is 15.9. The summed E-state index contributed by atoms with van der Waals surface area (Å²) in [6.45, 7) is 0.00377. The van der Waals surface area contributed by atoms with Crippen molar-refractivity contribution in [2.75, 3.05) is 11.9 Å². The van der Waals surface area contributed by atoms with Crippen molar-refractivity contribution in [2.24, 2.45) is 0 Å². The predicted molar refractivity (Wildman–Crippen MR) is 109 cm³/mol. The number of hydrogen-bond donors (Lipinski definition) is 3. The van der Waals surface area contributed by atoms with Crippen LogP contribution in [0.5, 0.6) is 5.75 Å². The number of anilines is 1. The number of amides is 2. The maximum atomic E-state index is 12.8. The van der Waals surface area contributed by atoms with Gasteiger partial charge in [-0.15, -0.1) is 0 Å². The summed E-state index contributed by atoms with van der Waals surface area (Å²) < 4.78 is 5.35. The molecule has 2 heterocycles. The number of H-pyrrole nitrogens is 1. The second-order valence-electron chi connectivity index (χ2n) is 7.72. The molecule has 5 rings (SSSR count). The van der Waals surface area contributed by atoms with Gasteiger partial charge in [0, 0.05) is 17.5 Å². The number of fused-ring (bicyclic) bond motifs is 2. The van der Waals surface area contributed by atoms with Crippen molar-refractivity contribution >= 4 is 28.5 Å². The highest BCUT2D eigenvalue weighted by Crippen LogP contribution is 2.33. The van der Waals surface area contributed by atoms with Crippen LogP contribution in [0.4, 0.5) is 5.69 Å². The molecule has 0 saturated heterocycles. The molecule has 2 amide bonds. The Morgan fingerprint density at radius 1 is 1.17 bits per heavy atom. The number of para-hydroxylation sites is 2. The monoisotopic (exact) mass is 390 g/mol. The Hall–Kier alpha value is -3.35. The standard InChI is InChI=1S/C22H22N4O3/c27-20-12-29-19-9-8-14(11-18(19)24-20)22(28)23-15-5-3-4-13(10-15)21-25-16-6-1-2-7-17(16)26-21/h1-2,6-9,11,13,15H,3-5,10,12H2,(H,23,28)(H,24,27)(H,25,26)/t13-,15+/m0/s1. The number of nitrogens with zero attached hydrogens (tertiary/aromatic N) is 1. The number of imidazole rings is 1. The van der Waals surface area contributed by atoms with Crippen LogP contribution in [-0.2, 0) is 4.79 Å². The number of nitrogens with one attached hydrogen (secondary N) is 3. The van der Waals surface area contributed by atoms with Gasteiger partial charge in [-0.25, -0.2) is 4.98 Å². The Kier molecular flexibility index (Phi) is 4.42. The van der Waals surface area contributed by atoms with E-state index < -0.39 is 0 Å². The zero-order chi connectivity index (χ0) is 19.8. The maximum absolute atomic E-state index is 12.8. The van der Waals surface area contributed by atoms with Gasteiger partial charge in [0.2, 0.25) is 0 Å². The molecule has 0 unspecified atom stereocenters. The first-order valence-electron chi connectivity index (χ1n) is 9.98. The number of hydrogen-bond acceptors (Lipinski definition) is 4. The molecule has 0 spiro atoms. The van der Waals surface area contributed by atoms with Crippen molar-refractivity contribution in [3.63, 3.8) is 0 Å². The van der Waals surface area contributed by atoms with Crippen LogP contribution in [0.25, 0.3) is 11.0 Å². The molecule has 29 heavy (non-hydrogen) atoms. The fourth-order valence-corrected chi connectivity index (χ4v) is 4.23. The molecule has 1 aliphatic heterocycles. The van der Waals surface area contributed by atoms with Crippen LogP contribution in [0.3, 0.4) is 0 Å². The third-order valence-corrected chi connectivity index (χ3v) is 5.68. The molecule has 1 saturated carbocycles. The van der Waals surface area contributed by atoms with Gasteiger partial charge in [-0.3, -0.25) is 9.59 Å². The Morgan fingerprint density at radius 3 is 2.97 bits per heavy atom. The van der Waals surface area contributed by atoms with Gasteiger partial charge in [0.1, 0.15) is 11.6 Å². The van der Waals surface area contributed by atoms with E-state index in [2.05, 4.69) is 15.6 Å². The average Bonchev–Trinajstić information content (AvgIpc) is 3.18. The number of rotatable bonds is 3. The topological polar surface area (TPSA) is 96.1 Å². The van der Waals surface area contributed by atoms with Gasteiger partial charge >= 0.3 is 0 Å². The summed E-state index contributed by atoms with van der Waals surface area (Å²) >= 11 is 0. The van der Waals surface area contributed by atoms with E-state index in [-0.39, 0.29) is 24.5 Å². The summed E-state index contributed by atoms with van der Waals surface area (Å²) in [7, 11) is 0. The summed E-state index contributed by atoms with van der Waals surface area (Å²) in [5.74, 6) is 1.54. The van der Waals surface area contributed by atoms with E-state index >= 15 is 0 Å². The van der Waals surface area contributed by atoms with E-state index in [1.54, 1.807) is 18.2 Å². The summed E-state index contributed by atoms with van der Waals surface area (Å²) in [6, 6.07) is 13.2. The first-order chi connectivity index (χ1) is 14.2. The van der Waals surface area contributed by atoms with Gasteiger partial charge in [0.05, 0.1) is 16.7 Å². The number of carbonyl (C=O) groups excluding carboxylic acids is 2. The number of aromatic amines is 1. The van der Waals surface area contributed by atoms with E-state index in [1.807, 2.05) is 24.3 Å². The highest BCUT2D eigenvalue weighted by molar-refractivity contribution is 5.99. The molecule has 7 nitrogen and oxygen atoms in total. The first-order valence-corrected chi connectivity index (χ1v) is 9.98. The molecular weight excluding hydrogens is 368 g/mol. The van der Waals surface area contributed by atoms with Gasteiger partial charge < -0.3 is 20.4 Å². The second kappa shape index (κ2) is 7.24. The first kappa shape index (κ1) is 17.7. The molecule has 2 atom stereocenters. The lowest BCUT2D eigenvalue weighted by atomic mass is 9.85. The SMILES string of the molecule is O=C1COc2ccc(C(=O)N[C@@H]3CCC[C@H](c4nc5ccccc5[nH]4)C3)cc2N1. The fourth-order valence-electron chi connectivity index (χ4n) is 4.23. The molecule has 7 heteroatoms. The largest absolute Gasteiger partial charge is 0.482 e. The van der Waals surface area contributed by atoms with Crippen molar-refractivity contribution in [3.05, 3.63) is 53.9 Å². The molecule has 1 aliphatic carbocycles. The smallest absolute Gasteiger partial charge is 0.262 e. The molecule has 0 bridgehead atoms. The number of ether oxygens (including phenoxy) is 1. The molecular formula is C22H22N4O3. The molecule has 148 valence electrons. The van der Waals surface area contributed by atoms with Crippen LogP contribution in [0.15, 0.2) is 42.5 Å². The lowest BCUT2D eigenvalue weighted by molar-refractivity contribution is -0.118. The quantitative estimate of drug-likeness (QED) is 0.639. The van der Waals surface area contributed by atoms with Crippen LogP contribution >= 0.6 is 0 Å². The van der Waals surface area contributed by atoms with Gasteiger partial charge in [-0.1, -0.05) is 18.6 Å². The van der Waals surface area contributed by atoms with Crippen LogP contribution in [0.1, 0.15) is 47.8 Å². The van der Waals surface area contributed by atoms with Crippen molar-refractivity contribution in [1.82, 2.24) is 15.3 Å². The third-order valence-electron chi connectivity index (χ3n) is 5.68. The summed E-state index contributed by atoms with van der Waals surface area (Å²) in [4.78, 5) is 32.5. The molecule has 3 N–H and O–H groups in total. The lowest BCUT2D eigenvalue weighted by Crippen LogP contribution is -2.38. The van der Waals surface area contributed by atoms with Gasteiger partial charge in [0.15, 0.2) is 6.61 Å². The summed E-state index contributed by atoms with van der Waals surface area (Å²) in [5, 5.41) is 5.90. The number of aromatic nitrogens is 2. The van der Waals surface area contributed by atoms with Crippen molar-refractivity contribution in [3.8, 4) is 5.75 Å². The fraction of sp³-hybridized carbons (Fsp3) is 0.318. The van der Waals surface area contributed by atoms with E-state index in [0.29, 0.717) is 22.9 Å². The van der Waals surface area contributed by atoms with Crippen LogP contribution in [0, 0.1) is 0 Å². The molecule has 1 aromatic heterocycles. The maximum Gasteiger partial charge on any atom is 0.262 e. The van der Waals surface area contributed by atoms with Gasteiger partial charge in [-0.05, 0) is 49.6 Å². The minimum atomic E-state index is -0.212.